The molecule has 0 saturated carbocycles. The number of carbonyl (C=O) groups excluding carboxylic acids is 2. The van der Waals surface area contributed by atoms with Crippen LogP contribution < -0.4 is 4.90 Å². The smallest absolute Gasteiger partial charge is 0.416 e. The predicted molar refractivity (Wildman–Crippen MR) is 73.4 cm³/mol. The maximum absolute atomic E-state index is 13.9. The maximum Gasteiger partial charge on any atom is 0.416 e. The third-order valence-corrected chi connectivity index (χ3v) is 3.70. The summed E-state index contributed by atoms with van der Waals surface area (Å²) in [5.41, 5.74) is -0.977. The number of hydrogen-bond donors (Lipinski definition) is 0. The molecule has 2 unspecified atom stereocenters. The summed E-state index contributed by atoms with van der Waals surface area (Å²) in [6.07, 6.45) is -1.04. The molecular formula is C14H12F2N2O5. The Kier molecular flexibility index (Phi) is 3.72. The second kappa shape index (κ2) is 5.58. The SMILES string of the molecule is COCC1C(C)OC(=O)N1c1noc2c(F)c(F)c(C=O)cc12. The van der Waals surface area contributed by atoms with Crippen molar-refractivity contribution in [2.45, 2.75) is 19.1 Å². The molecule has 7 nitrogen and oxygen atoms in total. The van der Waals surface area contributed by atoms with E-state index in [9.17, 15) is 18.4 Å². The quantitative estimate of drug-likeness (QED) is 0.802. The molecule has 0 bridgehead atoms. The summed E-state index contributed by atoms with van der Waals surface area (Å²) in [6.45, 7) is 1.81. The summed E-state index contributed by atoms with van der Waals surface area (Å²) in [6, 6.07) is 0.556. The molecule has 1 amide bonds. The highest BCUT2D eigenvalue weighted by Crippen LogP contribution is 2.35. The normalized spacial score (nSPS) is 21.0. The molecule has 1 aliphatic heterocycles. The lowest BCUT2D eigenvalue weighted by Gasteiger charge is -2.20. The number of hydrogen-bond acceptors (Lipinski definition) is 6. The summed E-state index contributed by atoms with van der Waals surface area (Å²) in [5.74, 6) is -2.73. The molecule has 0 N–H and O–H groups in total. The molecule has 1 aromatic heterocycles. The number of benzene rings is 1. The van der Waals surface area contributed by atoms with Crippen LogP contribution in [0.5, 0.6) is 0 Å². The van der Waals surface area contributed by atoms with Crippen LogP contribution in [0.1, 0.15) is 17.3 Å². The van der Waals surface area contributed by atoms with Crippen molar-refractivity contribution in [3.63, 3.8) is 0 Å². The molecular weight excluding hydrogens is 314 g/mol. The number of anilines is 1. The van der Waals surface area contributed by atoms with E-state index in [0.29, 0.717) is 0 Å². The summed E-state index contributed by atoms with van der Waals surface area (Å²) < 4.78 is 42.5. The Morgan fingerprint density at radius 3 is 2.83 bits per heavy atom. The first-order valence-electron chi connectivity index (χ1n) is 6.71. The third kappa shape index (κ3) is 2.24. The highest BCUT2D eigenvalue weighted by Gasteiger charge is 2.43. The second-order valence-electron chi connectivity index (χ2n) is 5.08. The van der Waals surface area contributed by atoms with Gasteiger partial charge in [-0.25, -0.2) is 14.1 Å². The number of nitrogens with zero attached hydrogens (tertiary/aromatic N) is 2. The van der Waals surface area contributed by atoms with Gasteiger partial charge in [0, 0.05) is 7.11 Å². The van der Waals surface area contributed by atoms with Crippen molar-refractivity contribution in [3.8, 4) is 0 Å². The number of rotatable bonds is 4. The summed E-state index contributed by atoms with van der Waals surface area (Å²) in [7, 11) is 1.45. The van der Waals surface area contributed by atoms with E-state index in [0.717, 1.165) is 11.0 Å². The molecule has 122 valence electrons. The zero-order chi connectivity index (χ0) is 16.7. The van der Waals surface area contributed by atoms with Crippen molar-refractivity contribution >= 4 is 29.2 Å². The fourth-order valence-corrected chi connectivity index (χ4v) is 2.55. The molecule has 0 radical (unpaired) electrons. The van der Waals surface area contributed by atoms with Gasteiger partial charge in [-0.05, 0) is 13.0 Å². The minimum absolute atomic E-state index is 0.00171. The largest absolute Gasteiger partial charge is 0.444 e. The van der Waals surface area contributed by atoms with Crippen molar-refractivity contribution < 1.29 is 32.4 Å². The molecule has 0 aliphatic carbocycles. The van der Waals surface area contributed by atoms with E-state index >= 15 is 0 Å². The maximum atomic E-state index is 13.9. The lowest BCUT2D eigenvalue weighted by molar-refractivity contribution is 0.111. The standard InChI is InChI=1S/C14H12F2N2O5/c1-6-9(5-21-2)18(14(20)22-6)13-8-3-7(4-19)10(15)11(16)12(8)23-17-13/h3-4,6,9H,5H2,1-2H3. The van der Waals surface area contributed by atoms with Crippen molar-refractivity contribution in [2.75, 3.05) is 18.6 Å². The van der Waals surface area contributed by atoms with E-state index in [-0.39, 0.29) is 24.1 Å². The zero-order valence-electron chi connectivity index (χ0n) is 12.2. The van der Waals surface area contributed by atoms with Crippen LogP contribution in [0.2, 0.25) is 0 Å². The molecule has 0 spiro atoms. The first-order chi connectivity index (χ1) is 11.0. The van der Waals surface area contributed by atoms with E-state index in [2.05, 4.69) is 5.16 Å². The lowest BCUT2D eigenvalue weighted by atomic mass is 10.1. The van der Waals surface area contributed by atoms with Crippen LogP contribution in [0, 0.1) is 11.6 Å². The molecule has 2 atom stereocenters. The van der Waals surface area contributed by atoms with Gasteiger partial charge in [0.1, 0.15) is 12.1 Å². The van der Waals surface area contributed by atoms with Gasteiger partial charge in [-0.1, -0.05) is 5.16 Å². The Hall–Kier alpha value is -2.55. The van der Waals surface area contributed by atoms with Gasteiger partial charge in [0.2, 0.25) is 11.4 Å². The van der Waals surface area contributed by atoms with Crippen molar-refractivity contribution in [1.29, 1.82) is 0 Å². The van der Waals surface area contributed by atoms with Crippen LogP contribution in [0.15, 0.2) is 10.6 Å². The predicted octanol–water partition coefficient (Wildman–Crippen LogP) is 2.28. The Labute approximate surface area is 128 Å². The van der Waals surface area contributed by atoms with Crippen molar-refractivity contribution in [3.05, 3.63) is 23.3 Å². The number of halogens is 2. The first kappa shape index (κ1) is 15.3. The average molecular weight is 326 g/mol. The van der Waals surface area contributed by atoms with Crippen molar-refractivity contribution in [2.24, 2.45) is 0 Å². The number of carbonyl (C=O) groups is 2. The summed E-state index contributed by atoms with van der Waals surface area (Å²) in [4.78, 5) is 24.1. The Morgan fingerprint density at radius 1 is 1.43 bits per heavy atom. The van der Waals surface area contributed by atoms with Gasteiger partial charge in [-0.15, -0.1) is 0 Å². The number of ether oxygens (including phenoxy) is 2. The Morgan fingerprint density at radius 2 is 2.17 bits per heavy atom. The molecule has 9 heteroatoms. The van der Waals surface area contributed by atoms with Crippen LogP contribution in [0.25, 0.3) is 11.0 Å². The third-order valence-electron chi connectivity index (χ3n) is 3.70. The topological polar surface area (TPSA) is 81.9 Å². The summed E-state index contributed by atoms with van der Waals surface area (Å²) in [5, 5.41) is 3.64. The molecule has 3 rings (SSSR count). The van der Waals surface area contributed by atoms with Gasteiger partial charge in [-0.2, -0.15) is 4.39 Å². The molecule has 1 aromatic carbocycles. The van der Waals surface area contributed by atoms with E-state index in [4.69, 9.17) is 14.0 Å². The van der Waals surface area contributed by atoms with Gasteiger partial charge in [0.25, 0.3) is 0 Å². The van der Waals surface area contributed by atoms with Crippen LogP contribution >= 0.6 is 0 Å². The molecule has 1 aliphatic rings. The summed E-state index contributed by atoms with van der Waals surface area (Å²) >= 11 is 0. The van der Waals surface area contributed by atoms with Gasteiger partial charge >= 0.3 is 6.09 Å². The monoisotopic (exact) mass is 326 g/mol. The lowest BCUT2D eigenvalue weighted by Crippen LogP contribution is -2.39. The number of amides is 1. The number of aldehydes is 1. The minimum Gasteiger partial charge on any atom is -0.444 e. The second-order valence-corrected chi connectivity index (χ2v) is 5.08. The number of fused-ring (bicyclic) bond motifs is 1. The molecule has 23 heavy (non-hydrogen) atoms. The average Bonchev–Trinajstić information content (AvgIpc) is 3.04. The molecule has 1 fully saturated rings. The first-order valence-corrected chi connectivity index (χ1v) is 6.71. The molecule has 1 saturated heterocycles. The fourth-order valence-electron chi connectivity index (χ4n) is 2.55. The van der Waals surface area contributed by atoms with Gasteiger partial charge < -0.3 is 14.0 Å². The van der Waals surface area contributed by atoms with Crippen LogP contribution in [0.3, 0.4) is 0 Å². The number of cyclic esters (lactones) is 1. The zero-order valence-corrected chi connectivity index (χ0v) is 12.2. The van der Waals surface area contributed by atoms with Crippen LogP contribution in [0.4, 0.5) is 19.4 Å². The van der Waals surface area contributed by atoms with Gasteiger partial charge in [0.05, 0.1) is 17.6 Å². The number of methoxy groups -OCH3 is 1. The minimum atomic E-state index is -1.34. The van der Waals surface area contributed by atoms with Gasteiger partial charge in [0.15, 0.2) is 17.9 Å². The van der Waals surface area contributed by atoms with E-state index < -0.39 is 41.0 Å². The Balaban J connectivity index is 2.18. The molecule has 2 aromatic rings. The Bertz CT molecular complexity index is 791. The van der Waals surface area contributed by atoms with E-state index in [1.807, 2.05) is 0 Å². The van der Waals surface area contributed by atoms with E-state index in [1.165, 1.54) is 7.11 Å². The highest BCUT2D eigenvalue weighted by molar-refractivity contribution is 6.01. The number of aromatic nitrogens is 1. The van der Waals surface area contributed by atoms with Crippen LogP contribution in [-0.2, 0) is 9.47 Å². The fraction of sp³-hybridized carbons (Fsp3) is 0.357. The van der Waals surface area contributed by atoms with Crippen molar-refractivity contribution in [1.82, 2.24) is 5.16 Å². The highest BCUT2D eigenvalue weighted by atomic mass is 19.2. The van der Waals surface area contributed by atoms with Gasteiger partial charge in [-0.3, -0.25) is 4.79 Å². The van der Waals surface area contributed by atoms with Crippen LogP contribution in [-0.4, -0.2) is 43.4 Å². The molecule has 2 heterocycles. The van der Waals surface area contributed by atoms with E-state index in [1.54, 1.807) is 6.92 Å².